The molecule has 2 atom stereocenters. The molecule has 0 unspecified atom stereocenters. The Bertz CT molecular complexity index is 637. The summed E-state index contributed by atoms with van der Waals surface area (Å²) >= 11 is 0. The van der Waals surface area contributed by atoms with Crippen LogP contribution in [-0.4, -0.2) is 51.1 Å². The van der Waals surface area contributed by atoms with Crippen LogP contribution < -0.4 is 11.3 Å². The molecule has 0 spiro atoms. The molecule has 110 valence electrons. The third-order valence-electron chi connectivity index (χ3n) is 2.71. The molecule has 0 amide bonds. The molecule has 2 rings (SSSR count). The second-order valence-corrected chi connectivity index (χ2v) is 4.31. The second-order valence-electron chi connectivity index (χ2n) is 4.31. The second kappa shape index (κ2) is 5.99. The van der Waals surface area contributed by atoms with Gasteiger partial charge >= 0.3 is 0 Å². The van der Waals surface area contributed by atoms with Gasteiger partial charge in [-0.25, -0.2) is 4.98 Å². The van der Waals surface area contributed by atoms with Gasteiger partial charge in [-0.05, 0) is 6.92 Å². The van der Waals surface area contributed by atoms with Crippen LogP contribution in [0.3, 0.4) is 0 Å². The molecule has 2 aromatic heterocycles. The normalized spacial score (nSPS) is 14.6. The average molecular weight is 283 g/mol. The first-order valence-corrected chi connectivity index (χ1v) is 6.04. The van der Waals surface area contributed by atoms with E-state index in [1.54, 1.807) is 14.0 Å². The Hall–Kier alpha value is -1.97. The van der Waals surface area contributed by atoms with Gasteiger partial charge in [-0.3, -0.25) is 14.3 Å². The monoisotopic (exact) mass is 283 g/mol. The van der Waals surface area contributed by atoms with Gasteiger partial charge in [-0.15, -0.1) is 0 Å². The maximum atomic E-state index is 11.7. The largest absolute Gasteiger partial charge is 0.392 e. The lowest BCUT2D eigenvalue weighted by Crippen LogP contribution is -2.25. The molecule has 0 radical (unpaired) electrons. The summed E-state index contributed by atoms with van der Waals surface area (Å²) in [5.74, 6) is -0.0223. The molecule has 9 heteroatoms. The van der Waals surface area contributed by atoms with Crippen LogP contribution in [0.2, 0.25) is 0 Å². The lowest BCUT2D eigenvalue weighted by atomic mass is 10.4. The Balaban J connectivity index is 2.37. The van der Waals surface area contributed by atoms with E-state index in [0.717, 1.165) is 0 Å². The lowest BCUT2D eigenvalue weighted by molar-refractivity contribution is -0.0922. The van der Waals surface area contributed by atoms with Crippen molar-refractivity contribution in [2.75, 3.05) is 26.1 Å². The summed E-state index contributed by atoms with van der Waals surface area (Å²) in [6.07, 6.45) is 0.417. The third-order valence-corrected chi connectivity index (χ3v) is 2.71. The molecule has 9 nitrogen and oxygen atoms in total. The summed E-state index contributed by atoms with van der Waals surface area (Å²) in [5.41, 5.74) is 5.47. The zero-order valence-electron chi connectivity index (χ0n) is 11.2. The zero-order valence-corrected chi connectivity index (χ0v) is 11.2. The van der Waals surface area contributed by atoms with Gasteiger partial charge in [0, 0.05) is 7.11 Å². The summed E-state index contributed by atoms with van der Waals surface area (Å²) in [7, 11) is 1.56. The van der Waals surface area contributed by atoms with Crippen LogP contribution in [0.25, 0.3) is 11.2 Å². The van der Waals surface area contributed by atoms with Crippen molar-refractivity contribution >= 4 is 17.1 Å². The maximum Gasteiger partial charge on any atom is 0.280 e. The van der Waals surface area contributed by atoms with E-state index in [1.165, 1.54) is 10.9 Å². The van der Waals surface area contributed by atoms with Crippen LogP contribution in [0.5, 0.6) is 0 Å². The third kappa shape index (κ3) is 2.79. The van der Waals surface area contributed by atoms with Crippen molar-refractivity contribution in [3.8, 4) is 0 Å². The number of imidazole rings is 1. The molecule has 0 aliphatic rings. The number of aliphatic hydroxyl groups excluding tert-OH is 1. The van der Waals surface area contributed by atoms with E-state index in [4.69, 9.17) is 15.2 Å². The minimum absolute atomic E-state index is 0.0223. The number of aromatic nitrogens is 4. The van der Waals surface area contributed by atoms with Crippen molar-refractivity contribution in [1.29, 1.82) is 0 Å². The number of anilines is 1. The van der Waals surface area contributed by atoms with Crippen LogP contribution in [0.15, 0.2) is 11.1 Å². The zero-order chi connectivity index (χ0) is 14.7. The minimum Gasteiger partial charge on any atom is -0.392 e. The molecule has 0 saturated carbocycles. The smallest absolute Gasteiger partial charge is 0.280 e. The van der Waals surface area contributed by atoms with E-state index in [9.17, 15) is 9.90 Å². The minimum atomic E-state index is -0.723. The fourth-order valence-electron chi connectivity index (χ4n) is 1.89. The van der Waals surface area contributed by atoms with E-state index in [0.29, 0.717) is 6.61 Å². The lowest BCUT2D eigenvalue weighted by Gasteiger charge is -2.21. The molecule has 2 aromatic rings. The number of rotatable bonds is 6. The first-order valence-electron chi connectivity index (χ1n) is 6.04. The SMILES string of the molecule is COC[C@H](C)O[C@H](CO)n1cnc2c(=O)[nH]c(N)nc21. The maximum absolute atomic E-state index is 11.7. The number of H-pyrrole nitrogens is 1. The molecule has 20 heavy (non-hydrogen) atoms. The van der Waals surface area contributed by atoms with Gasteiger partial charge in [-0.2, -0.15) is 4.98 Å². The number of nitrogens with zero attached hydrogens (tertiary/aromatic N) is 3. The van der Waals surface area contributed by atoms with Gasteiger partial charge in [0.15, 0.2) is 17.4 Å². The number of nitrogens with one attached hydrogen (secondary N) is 1. The molecular weight excluding hydrogens is 266 g/mol. The van der Waals surface area contributed by atoms with Crippen molar-refractivity contribution in [1.82, 2.24) is 19.5 Å². The summed E-state index contributed by atoms with van der Waals surface area (Å²) < 4.78 is 12.1. The highest BCUT2D eigenvalue weighted by Crippen LogP contribution is 2.16. The highest BCUT2D eigenvalue weighted by molar-refractivity contribution is 5.70. The van der Waals surface area contributed by atoms with Gasteiger partial charge in [0.2, 0.25) is 5.95 Å². The van der Waals surface area contributed by atoms with Gasteiger partial charge in [-0.1, -0.05) is 0 Å². The first kappa shape index (κ1) is 14.4. The number of ether oxygens (including phenoxy) is 2. The molecule has 0 fully saturated rings. The summed E-state index contributed by atoms with van der Waals surface area (Å²) in [4.78, 5) is 22.0. The van der Waals surface area contributed by atoms with Crippen molar-refractivity contribution in [3.05, 3.63) is 16.7 Å². The Morgan fingerprint density at radius 1 is 1.60 bits per heavy atom. The fraction of sp³-hybridized carbons (Fsp3) is 0.545. The van der Waals surface area contributed by atoms with Crippen molar-refractivity contribution in [2.24, 2.45) is 0 Å². The standard InChI is InChI=1S/C11H17N5O4/c1-6(4-19-2)20-7(3-17)16-5-13-8-9(16)14-11(12)15-10(8)18/h5-7,17H,3-4H2,1-2H3,(H3,12,14,15,18)/t6-,7+/m0/s1. The quantitative estimate of drug-likeness (QED) is 0.635. The number of nitrogens with two attached hydrogens (primary N) is 1. The van der Waals surface area contributed by atoms with Crippen molar-refractivity contribution in [3.63, 3.8) is 0 Å². The Kier molecular flexibility index (Phi) is 4.32. The number of aromatic amines is 1. The molecule has 0 aliphatic carbocycles. The van der Waals surface area contributed by atoms with Crippen LogP contribution in [0, 0.1) is 0 Å². The number of hydrogen-bond donors (Lipinski definition) is 3. The molecule has 0 bridgehead atoms. The average Bonchev–Trinajstić information content (AvgIpc) is 2.80. The fourth-order valence-corrected chi connectivity index (χ4v) is 1.89. The number of nitrogen functional groups attached to an aromatic ring is 1. The highest BCUT2D eigenvalue weighted by atomic mass is 16.5. The molecule has 0 aromatic carbocycles. The Morgan fingerprint density at radius 2 is 2.35 bits per heavy atom. The van der Waals surface area contributed by atoms with Crippen molar-refractivity contribution < 1.29 is 14.6 Å². The summed E-state index contributed by atoms with van der Waals surface area (Å²) in [6, 6.07) is 0. The van der Waals surface area contributed by atoms with E-state index in [1.807, 2.05) is 0 Å². The number of fused-ring (bicyclic) bond motifs is 1. The van der Waals surface area contributed by atoms with Crippen LogP contribution in [0.1, 0.15) is 13.2 Å². The summed E-state index contributed by atoms with van der Waals surface area (Å²) in [5, 5.41) is 9.45. The van der Waals surface area contributed by atoms with Crippen LogP contribution in [-0.2, 0) is 9.47 Å². The first-order chi connectivity index (χ1) is 9.56. The topological polar surface area (TPSA) is 128 Å². The highest BCUT2D eigenvalue weighted by Gasteiger charge is 2.19. The van der Waals surface area contributed by atoms with Gasteiger partial charge < -0.3 is 20.3 Å². The molecule has 0 aliphatic heterocycles. The van der Waals surface area contributed by atoms with Gasteiger partial charge in [0.25, 0.3) is 5.56 Å². The Labute approximate surface area is 114 Å². The number of hydrogen-bond acceptors (Lipinski definition) is 7. The van der Waals surface area contributed by atoms with E-state index in [-0.39, 0.29) is 29.8 Å². The molecule has 4 N–H and O–H groups in total. The van der Waals surface area contributed by atoms with Gasteiger partial charge in [0.05, 0.1) is 25.6 Å². The summed E-state index contributed by atoms with van der Waals surface area (Å²) in [6.45, 7) is 1.88. The molecular formula is C11H17N5O4. The number of aliphatic hydroxyl groups is 1. The van der Waals surface area contributed by atoms with Crippen LogP contribution >= 0.6 is 0 Å². The van der Waals surface area contributed by atoms with Crippen molar-refractivity contribution in [2.45, 2.75) is 19.3 Å². The molecule has 0 saturated heterocycles. The van der Waals surface area contributed by atoms with Gasteiger partial charge in [0.1, 0.15) is 0 Å². The number of methoxy groups -OCH3 is 1. The van der Waals surface area contributed by atoms with E-state index in [2.05, 4.69) is 15.0 Å². The molecule has 2 heterocycles. The Morgan fingerprint density at radius 3 is 3.00 bits per heavy atom. The predicted octanol–water partition coefficient (Wildman–Crippen LogP) is -0.756. The predicted molar refractivity (Wildman–Crippen MR) is 71.1 cm³/mol. The van der Waals surface area contributed by atoms with E-state index >= 15 is 0 Å². The van der Waals surface area contributed by atoms with Crippen LogP contribution in [0.4, 0.5) is 5.95 Å². The van der Waals surface area contributed by atoms with E-state index < -0.39 is 11.8 Å².